The Morgan fingerprint density at radius 1 is 1.26 bits per heavy atom. The molecule has 0 bridgehead atoms. The van der Waals surface area contributed by atoms with Gasteiger partial charge in [0.2, 0.25) is 5.13 Å². The van der Waals surface area contributed by atoms with Gasteiger partial charge < -0.3 is 9.64 Å². The first-order valence-corrected chi connectivity index (χ1v) is 9.40. The highest BCUT2D eigenvalue weighted by molar-refractivity contribution is 7.09. The first-order valence-electron chi connectivity index (χ1n) is 8.25. The fourth-order valence-corrected chi connectivity index (χ4v) is 3.98. The van der Waals surface area contributed by atoms with E-state index in [4.69, 9.17) is 21.3 Å². The Kier molecular flexibility index (Phi) is 4.40. The standard InChI is InChI=1S/C17H20ClN3OS/c18-14-5-1-2-6-15(14)22-11-12-4-3-9-21(10-12)17-19-16(20-23-17)13-7-8-13/h1-2,5-6,12-13H,3-4,7-11H2. The Morgan fingerprint density at radius 3 is 2.96 bits per heavy atom. The molecular formula is C17H20ClN3OS. The number of aromatic nitrogens is 2. The molecule has 1 aliphatic heterocycles. The molecule has 0 radical (unpaired) electrons. The van der Waals surface area contributed by atoms with Gasteiger partial charge in [-0.05, 0) is 37.8 Å². The van der Waals surface area contributed by atoms with Crippen molar-refractivity contribution in [3.63, 3.8) is 0 Å². The third-order valence-corrected chi connectivity index (χ3v) is 5.58. The zero-order chi connectivity index (χ0) is 15.6. The number of nitrogens with zero attached hydrogens (tertiary/aromatic N) is 3. The van der Waals surface area contributed by atoms with Crippen LogP contribution in [0.3, 0.4) is 0 Å². The molecule has 1 aromatic carbocycles. The average Bonchev–Trinajstić information content (AvgIpc) is 3.31. The topological polar surface area (TPSA) is 38.2 Å². The van der Waals surface area contributed by atoms with E-state index in [1.54, 1.807) is 11.5 Å². The number of rotatable bonds is 5. The third kappa shape index (κ3) is 3.61. The molecule has 2 aliphatic rings. The van der Waals surface area contributed by atoms with Gasteiger partial charge in [-0.25, -0.2) is 4.98 Å². The summed E-state index contributed by atoms with van der Waals surface area (Å²) in [6, 6.07) is 7.67. The number of halogens is 1. The summed E-state index contributed by atoms with van der Waals surface area (Å²) in [6.07, 6.45) is 4.87. The second kappa shape index (κ2) is 6.65. The lowest BCUT2D eigenvalue weighted by molar-refractivity contribution is 0.229. The summed E-state index contributed by atoms with van der Waals surface area (Å²) in [5.74, 6) is 2.97. The summed E-state index contributed by atoms with van der Waals surface area (Å²) in [5, 5.41) is 1.76. The van der Waals surface area contributed by atoms with Gasteiger partial charge >= 0.3 is 0 Å². The van der Waals surface area contributed by atoms with Crippen molar-refractivity contribution in [2.24, 2.45) is 5.92 Å². The summed E-state index contributed by atoms with van der Waals surface area (Å²) >= 11 is 7.70. The first-order chi connectivity index (χ1) is 11.3. The van der Waals surface area contributed by atoms with E-state index in [2.05, 4.69) is 9.27 Å². The molecule has 1 saturated heterocycles. The molecule has 4 rings (SSSR count). The van der Waals surface area contributed by atoms with Crippen molar-refractivity contribution >= 4 is 28.3 Å². The molecule has 1 atom stereocenters. The molecule has 4 nitrogen and oxygen atoms in total. The Labute approximate surface area is 145 Å². The molecule has 1 unspecified atom stereocenters. The monoisotopic (exact) mass is 349 g/mol. The molecule has 2 fully saturated rings. The number of hydrogen-bond donors (Lipinski definition) is 0. The van der Waals surface area contributed by atoms with Crippen LogP contribution in [0.1, 0.15) is 37.4 Å². The number of piperidine rings is 1. The van der Waals surface area contributed by atoms with E-state index in [9.17, 15) is 0 Å². The average molecular weight is 350 g/mol. The lowest BCUT2D eigenvalue weighted by Crippen LogP contribution is -2.37. The number of para-hydroxylation sites is 1. The number of anilines is 1. The Bertz CT molecular complexity index is 673. The highest BCUT2D eigenvalue weighted by atomic mass is 35.5. The molecule has 2 aromatic rings. The predicted octanol–water partition coefficient (Wildman–Crippen LogP) is 4.36. The van der Waals surface area contributed by atoms with Crippen molar-refractivity contribution in [1.29, 1.82) is 0 Å². The molecule has 0 amide bonds. The second-order valence-electron chi connectivity index (χ2n) is 6.41. The zero-order valence-corrected chi connectivity index (χ0v) is 14.5. The van der Waals surface area contributed by atoms with Crippen LogP contribution in [-0.4, -0.2) is 29.1 Å². The van der Waals surface area contributed by atoms with Crippen LogP contribution < -0.4 is 9.64 Å². The smallest absolute Gasteiger partial charge is 0.205 e. The molecule has 1 aliphatic carbocycles. The summed E-state index contributed by atoms with van der Waals surface area (Å²) < 4.78 is 10.4. The van der Waals surface area contributed by atoms with Crippen LogP contribution in [-0.2, 0) is 0 Å². The number of ether oxygens (including phenoxy) is 1. The third-order valence-electron chi connectivity index (χ3n) is 4.47. The van der Waals surface area contributed by atoms with E-state index >= 15 is 0 Å². The van der Waals surface area contributed by atoms with Gasteiger partial charge in [0.1, 0.15) is 11.6 Å². The predicted molar refractivity (Wildman–Crippen MR) is 93.8 cm³/mol. The van der Waals surface area contributed by atoms with Crippen molar-refractivity contribution in [3.8, 4) is 5.75 Å². The minimum absolute atomic E-state index is 0.508. The van der Waals surface area contributed by atoms with Gasteiger partial charge in [0.05, 0.1) is 11.6 Å². The van der Waals surface area contributed by atoms with Crippen LogP contribution in [0.2, 0.25) is 5.02 Å². The lowest BCUT2D eigenvalue weighted by Gasteiger charge is -2.32. The fraction of sp³-hybridized carbons (Fsp3) is 0.529. The maximum absolute atomic E-state index is 6.15. The zero-order valence-electron chi connectivity index (χ0n) is 12.9. The van der Waals surface area contributed by atoms with Crippen LogP contribution in [0.15, 0.2) is 24.3 Å². The second-order valence-corrected chi connectivity index (χ2v) is 7.54. The molecule has 6 heteroatoms. The van der Waals surface area contributed by atoms with E-state index in [0.29, 0.717) is 23.5 Å². The minimum atomic E-state index is 0.508. The number of benzene rings is 1. The molecular weight excluding hydrogens is 330 g/mol. The van der Waals surface area contributed by atoms with E-state index in [1.807, 2.05) is 24.3 Å². The molecule has 1 aromatic heterocycles. The van der Waals surface area contributed by atoms with Crippen LogP contribution in [0, 0.1) is 5.92 Å². The van der Waals surface area contributed by atoms with Gasteiger partial charge in [-0.3, -0.25) is 0 Å². The fourth-order valence-electron chi connectivity index (χ4n) is 3.01. The normalized spacial score (nSPS) is 21.4. The summed E-state index contributed by atoms with van der Waals surface area (Å²) in [7, 11) is 0. The van der Waals surface area contributed by atoms with Gasteiger partial charge in [-0.15, -0.1) is 0 Å². The summed E-state index contributed by atoms with van der Waals surface area (Å²) in [4.78, 5) is 7.10. The maximum atomic E-state index is 6.15. The van der Waals surface area contributed by atoms with Crippen LogP contribution in [0.4, 0.5) is 5.13 Å². The van der Waals surface area contributed by atoms with Crippen molar-refractivity contribution < 1.29 is 4.74 Å². The Morgan fingerprint density at radius 2 is 2.13 bits per heavy atom. The van der Waals surface area contributed by atoms with Gasteiger partial charge in [0.15, 0.2) is 0 Å². The largest absolute Gasteiger partial charge is 0.492 e. The Balaban J connectivity index is 1.35. The van der Waals surface area contributed by atoms with E-state index in [0.717, 1.165) is 29.8 Å². The quantitative estimate of drug-likeness (QED) is 0.803. The molecule has 122 valence electrons. The van der Waals surface area contributed by atoms with Crippen molar-refractivity contribution in [1.82, 2.24) is 9.36 Å². The summed E-state index contributed by atoms with van der Waals surface area (Å²) in [5.41, 5.74) is 0. The van der Waals surface area contributed by atoms with Gasteiger partial charge in [-0.1, -0.05) is 23.7 Å². The molecule has 2 heterocycles. The lowest BCUT2D eigenvalue weighted by atomic mass is 9.99. The van der Waals surface area contributed by atoms with Gasteiger partial charge in [0, 0.05) is 36.5 Å². The van der Waals surface area contributed by atoms with E-state index < -0.39 is 0 Å². The number of hydrogen-bond acceptors (Lipinski definition) is 5. The van der Waals surface area contributed by atoms with Crippen LogP contribution in [0.5, 0.6) is 5.75 Å². The molecule has 1 saturated carbocycles. The first kappa shape index (κ1) is 15.2. The van der Waals surface area contributed by atoms with Crippen molar-refractivity contribution in [3.05, 3.63) is 35.1 Å². The molecule has 23 heavy (non-hydrogen) atoms. The summed E-state index contributed by atoms with van der Waals surface area (Å²) in [6.45, 7) is 2.76. The maximum Gasteiger partial charge on any atom is 0.205 e. The van der Waals surface area contributed by atoms with E-state index in [1.165, 1.54) is 25.7 Å². The van der Waals surface area contributed by atoms with E-state index in [-0.39, 0.29) is 0 Å². The van der Waals surface area contributed by atoms with Crippen LogP contribution in [0.25, 0.3) is 0 Å². The highest BCUT2D eigenvalue weighted by Crippen LogP contribution is 2.40. The molecule has 0 N–H and O–H groups in total. The van der Waals surface area contributed by atoms with Gasteiger partial charge in [-0.2, -0.15) is 4.37 Å². The minimum Gasteiger partial charge on any atom is -0.492 e. The van der Waals surface area contributed by atoms with Crippen LogP contribution >= 0.6 is 23.1 Å². The highest BCUT2D eigenvalue weighted by Gasteiger charge is 2.29. The Hall–Kier alpha value is -1.33. The molecule has 0 spiro atoms. The van der Waals surface area contributed by atoms with Crippen molar-refractivity contribution in [2.45, 2.75) is 31.6 Å². The SMILES string of the molecule is Clc1ccccc1OCC1CCCN(c2nc(C3CC3)ns2)C1. The van der Waals surface area contributed by atoms with Crippen molar-refractivity contribution in [2.75, 3.05) is 24.6 Å². The van der Waals surface area contributed by atoms with Gasteiger partial charge in [0.25, 0.3) is 0 Å².